The predicted molar refractivity (Wildman–Crippen MR) is 53.6 cm³/mol. The summed E-state index contributed by atoms with van der Waals surface area (Å²) in [6.07, 6.45) is 8.97. The SMILES string of the molecule is CCC=C[C@H](C)OC1CCCCO1. The Kier molecular flexibility index (Phi) is 5.09. The number of ether oxygens (including phenoxy) is 2. The van der Waals surface area contributed by atoms with E-state index in [4.69, 9.17) is 9.47 Å². The Bertz CT molecular complexity index is 148. The summed E-state index contributed by atoms with van der Waals surface area (Å²) in [5, 5.41) is 0. The van der Waals surface area contributed by atoms with Gasteiger partial charge in [0.1, 0.15) is 0 Å². The van der Waals surface area contributed by atoms with Gasteiger partial charge in [0.05, 0.1) is 6.10 Å². The third kappa shape index (κ3) is 4.44. The Hall–Kier alpha value is -0.340. The normalized spacial score (nSPS) is 26.5. The van der Waals surface area contributed by atoms with Crippen LogP contribution in [0.1, 0.15) is 39.5 Å². The van der Waals surface area contributed by atoms with E-state index in [1.54, 1.807) is 0 Å². The van der Waals surface area contributed by atoms with Crippen LogP contribution in [0.25, 0.3) is 0 Å². The molecule has 1 heterocycles. The summed E-state index contributed by atoms with van der Waals surface area (Å²) in [6.45, 7) is 5.04. The monoisotopic (exact) mass is 184 g/mol. The van der Waals surface area contributed by atoms with Crippen molar-refractivity contribution < 1.29 is 9.47 Å². The minimum Gasteiger partial charge on any atom is -0.353 e. The molecule has 2 heteroatoms. The molecule has 1 aliphatic rings. The van der Waals surface area contributed by atoms with Crippen LogP contribution in [0, 0.1) is 0 Å². The highest BCUT2D eigenvalue weighted by molar-refractivity contribution is 4.86. The van der Waals surface area contributed by atoms with Gasteiger partial charge in [-0.05, 0) is 32.6 Å². The lowest BCUT2D eigenvalue weighted by Gasteiger charge is -2.24. The van der Waals surface area contributed by atoms with Crippen LogP contribution in [-0.4, -0.2) is 19.0 Å². The quantitative estimate of drug-likeness (QED) is 0.625. The Balaban J connectivity index is 2.18. The molecule has 1 rings (SSSR count). The zero-order valence-corrected chi connectivity index (χ0v) is 8.66. The first-order chi connectivity index (χ1) is 6.33. The Morgan fingerprint density at radius 2 is 2.38 bits per heavy atom. The lowest BCUT2D eigenvalue weighted by molar-refractivity contribution is -0.174. The molecule has 13 heavy (non-hydrogen) atoms. The molecule has 1 saturated heterocycles. The zero-order valence-electron chi connectivity index (χ0n) is 8.66. The van der Waals surface area contributed by atoms with Crippen molar-refractivity contribution in [3.05, 3.63) is 12.2 Å². The smallest absolute Gasteiger partial charge is 0.158 e. The van der Waals surface area contributed by atoms with Gasteiger partial charge in [-0.1, -0.05) is 19.1 Å². The highest BCUT2D eigenvalue weighted by Gasteiger charge is 2.15. The average Bonchev–Trinajstić information content (AvgIpc) is 2.16. The second-order valence-electron chi connectivity index (χ2n) is 3.47. The summed E-state index contributed by atoms with van der Waals surface area (Å²) in [5.74, 6) is 0. The van der Waals surface area contributed by atoms with Crippen LogP contribution >= 0.6 is 0 Å². The summed E-state index contributed by atoms with van der Waals surface area (Å²) in [7, 11) is 0. The van der Waals surface area contributed by atoms with Crippen LogP contribution < -0.4 is 0 Å². The van der Waals surface area contributed by atoms with Crippen molar-refractivity contribution in [3.63, 3.8) is 0 Å². The molecule has 0 N–H and O–H groups in total. The molecule has 1 unspecified atom stereocenters. The van der Waals surface area contributed by atoms with E-state index < -0.39 is 0 Å². The van der Waals surface area contributed by atoms with Crippen molar-refractivity contribution in [2.75, 3.05) is 6.61 Å². The fourth-order valence-corrected chi connectivity index (χ4v) is 1.43. The molecule has 0 saturated carbocycles. The first-order valence-corrected chi connectivity index (χ1v) is 5.26. The van der Waals surface area contributed by atoms with E-state index in [9.17, 15) is 0 Å². The molecule has 0 aromatic heterocycles. The van der Waals surface area contributed by atoms with E-state index in [2.05, 4.69) is 26.0 Å². The van der Waals surface area contributed by atoms with Gasteiger partial charge >= 0.3 is 0 Å². The van der Waals surface area contributed by atoms with Gasteiger partial charge in [-0.25, -0.2) is 0 Å². The van der Waals surface area contributed by atoms with E-state index >= 15 is 0 Å². The predicted octanol–water partition coefficient (Wildman–Crippen LogP) is 2.88. The van der Waals surface area contributed by atoms with Crippen molar-refractivity contribution in [2.45, 2.75) is 51.9 Å². The molecule has 0 aromatic carbocycles. The van der Waals surface area contributed by atoms with Gasteiger partial charge in [0.15, 0.2) is 6.29 Å². The largest absolute Gasteiger partial charge is 0.353 e. The molecule has 2 atom stereocenters. The van der Waals surface area contributed by atoms with Crippen LogP contribution in [0.5, 0.6) is 0 Å². The first kappa shape index (κ1) is 10.7. The van der Waals surface area contributed by atoms with Crippen molar-refractivity contribution in [1.82, 2.24) is 0 Å². The maximum atomic E-state index is 5.68. The van der Waals surface area contributed by atoms with Gasteiger partial charge in [0.2, 0.25) is 0 Å². The molecule has 1 fully saturated rings. The highest BCUT2D eigenvalue weighted by Crippen LogP contribution is 2.15. The zero-order chi connectivity index (χ0) is 9.52. The average molecular weight is 184 g/mol. The Morgan fingerprint density at radius 1 is 1.54 bits per heavy atom. The number of rotatable bonds is 4. The van der Waals surface area contributed by atoms with Crippen molar-refractivity contribution in [3.8, 4) is 0 Å². The molecule has 2 nitrogen and oxygen atoms in total. The molecular weight excluding hydrogens is 164 g/mol. The fourth-order valence-electron chi connectivity index (χ4n) is 1.43. The lowest BCUT2D eigenvalue weighted by atomic mass is 10.2. The van der Waals surface area contributed by atoms with Gasteiger partial charge in [-0.2, -0.15) is 0 Å². The summed E-state index contributed by atoms with van der Waals surface area (Å²) in [4.78, 5) is 0. The minimum absolute atomic E-state index is 0.0326. The van der Waals surface area contributed by atoms with Gasteiger partial charge in [0, 0.05) is 6.61 Å². The molecular formula is C11H20O2. The second kappa shape index (κ2) is 6.17. The van der Waals surface area contributed by atoms with Crippen LogP contribution in [0.3, 0.4) is 0 Å². The Morgan fingerprint density at radius 3 is 3.00 bits per heavy atom. The Labute approximate surface area is 80.9 Å². The molecule has 0 aromatic rings. The summed E-state index contributed by atoms with van der Waals surface area (Å²) >= 11 is 0. The molecule has 0 radical (unpaired) electrons. The topological polar surface area (TPSA) is 18.5 Å². The second-order valence-corrected chi connectivity index (χ2v) is 3.47. The molecule has 0 bridgehead atoms. The van der Waals surface area contributed by atoms with E-state index in [1.165, 1.54) is 12.8 Å². The number of allylic oxidation sites excluding steroid dienone is 1. The number of hydrogen-bond donors (Lipinski definition) is 0. The van der Waals surface area contributed by atoms with E-state index in [1.807, 2.05) is 0 Å². The van der Waals surface area contributed by atoms with Crippen LogP contribution in [0.15, 0.2) is 12.2 Å². The third-order valence-electron chi connectivity index (χ3n) is 2.15. The van der Waals surface area contributed by atoms with Crippen molar-refractivity contribution in [1.29, 1.82) is 0 Å². The van der Waals surface area contributed by atoms with Crippen LogP contribution in [0.4, 0.5) is 0 Å². The van der Waals surface area contributed by atoms with Crippen LogP contribution in [0.2, 0.25) is 0 Å². The molecule has 0 amide bonds. The fraction of sp³-hybridized carbons (Fsp3) is 0.818. The standard InChI is InChI=1S/C11H20O2/c1-3-4-7-10(2)13-11-8-5-6-9-12-11/h4,7,10-11H,3,5-6,8-9H2,1-2H3/t10-,11?/m0/s1. The van der Waals surface area contributed by atoms with E-state index in [0.717, 1.165) is 19.4 Å². The van der Waals surface area contributed by atoms with Gasteiger partial charge in [-0.3, -0.25) is 0 Å². The lowest BCUT2D eigenvalue weighted by Crippen LogP contribution is -2.25. The van der Waals surface area contributed by atoms with E-state index in [0.29, 0.717) is 0 Å². The highest BCUT2D eigenvalue weighted by atomic mass is 16.7. The molecule has 0 spiro atoms. The van der Waals surface area contributed by atoms with Gasteiger partial charge in [0.25, 0.3) is 0 Å². The molecule has 76 valence electrons. The third-order valence-corrected chi connectivity index (χ3v) is 2.15. The van der Waals surface area contributed by atoms with Gasteiger partial charge in [-0.15, -0.1) is 0 Å². The summed E-state index contributed by atoms with van der Waals surface area (Å²) < 4.78 is 11.2. The molecule has 0 aliphatic carbocycles. The first-order valence-electron chi connectivity index (χ1n) is 5.26. The van der Waals surface area contributed by atoms with Crippen molar-refractivity contribution >= 4 is 0 Å². The van der Waals surface area contributed by atoms with Crippen LogP contribution in [-0.2, 0) is 9.47 Å². The maximum Gasteiger partial charge on any atom is 0.158 e. The summed E-state index contributed by atoms with van der Waals surface area (Å²) in [6, 6.07) is 0. The maximum absolute atomic E-state index is 5.68. The van der Waals surface area contributed by atoms with Crippen molar-refractivity contribution in [2.24, 2.45) is 0 Å². The summed E-state index contributed by atoms with van der Waals surface area (Å²) in [5.41, 5.74) is 0. The minimum atomic E-state index is 0.0326. The van der Waals surface area contributed by atoms with Gasteiger partial charge < -0.3 is 9.47 Å². The number of hydrogen-bond acceptors (Lipinski definition) is 2. The molecule has 1 aliphatic heterocycles. The van der Waals surface area contributed by atoms with E-state index in [-0.39, 0.29) is 12.4 Å².